The molecule has 0 aromatic rings. The highest BCUT2D eigenvalue weighted by molar-refractivity contribution is 5.72. The average molecular weight is 768 g/mol. The van der Waals surface area contributed by atoms with Crippen molar-refractivity contribution in [3.63, 3.8) is 0 Å². The lowest BCUT2D eigenvalue weighted by Gasteiger charge is -2.30. The zero-order valence-corrected chi connectivity index (χ0v) is 37.2. The topological polar surface area (TPSA) is 79.2 Å². The molecule has 0 aromatic heterocycles. The predicted molar refractivity (Wildman–Crippen MR) is 233 cm³/mol. The molecule has 0 aliphatic rings. The maximum atomic E-state index is 13.0. The molecule has 0 saturated heterocycles. The molecule has 0 aliphatic carbocycles. The average Bonchev–Trinajstić information content (AvgIpc) is 3.18. The van der Waals surface area contributed by atoms with Gasteiger partial charge in [0.2, 0.25) is 0 Å². The minimum atomic E-state index is -0.619. The normalized spacial score (nSPS) is 14.1. The Balaban J connectivity index is 4.41. The molecule has 0 aromatic carbocycles. The summed E-state index contributed by atoms with van der Waals surface area (Å²) in [6.07, 6.45) is 38.4. The maximum Gasteiger partial charge on any atom is 0.308 e. The van der Waals surface area contributed by atoms with Gasteiger partial charge in [0, 0.05) is 18.6 Å². The molecular weight excluding hydrogens is 671 g/mol. The molecule has 0 heterocycles. The molecule has 6 heteroatoms. The summed E-state index contributed by atoms with van der Waals surface area (Å²) in [6.45, 7) is 14.7. The Morgan fingerprint density at radius 2 is 0.889 bits per heavy atom. The van der Waals surface area contributed by atoms with Crippen LogP contribution in [0.3, 0.4) is 0 Å². The minimum Gasteiger partial charge on any atom is -0.465 e. The fourth-order valence-corrected chi connectivity index (χ4v) is 7.97. The van der Waals surface area contributed by atoms with Crippen molar-refractivity contribution >= 4 is 5.97 Å². The number of aliphatic hydroxyl groups excluding tert-OH is 2. The van der Waals surface area contributed by atoms with Crippen LogP contribution >= 0.6 is 0 Å². The van der Waals surface area contributed by atoms with Gasteiger partial charge in [-0.25, -0.2) is 0 Å². The first-order chi connectivity index (χ1) is 26.5. The molecule has 0 rings (SSSR count). The smallest absolute Gasteiger partial charge is 0.308 e. The molecule has 2 N–H and O–H groups in total. The van der Waals surface area contributed by atoms with Gasteiger partial charge in [-0.1, -0.05) is 189 Å². The summed E-state index contributed by atoms with van der Waals surface area (Å²) < 4.78 is 11.8. The van der Waals surface area contributed by atoms with Crippen LogP contribution in [0, 0.1) is 11.8 Å². The molecule has 0 fully saturated rings. The molecule has 324 valence electrons. The highest BCUT2D eigenvalue weighted by atomic mass is 16.6. The summed E-state index contributed by atoms with van der Waals surface area (Å²) in [5.74, 6) is 0.411. The van der Waals surface area contributed by atoms with Gasteiger partial charge in [-0.05, 0) is 70.9 Å². The lowest BCUT2D eigenvalue weighted by molar-refractivity contribution is -0.149. The SMILES string of the molecule is CCCCCCCCC(CCCCCC)C(=O)OCCCCCCN(CCCCCCOC(O)C(CCCCCC)CCCCCCCC)C(CC)CO. The van der Waals surface area contributed by atoms with Crippen molar-refractivity contribution in [3.8, 4) is 0 Å². The molecule has 0 aliphatic heterocycles. The van der Waals surface area contributed by atoms with E-state index < -0.39 is 6.29 Å². The molecule has 4 unspecified atom stereocenters. The van der Waals surface area contributed by atoms with Crippen molar-refractivity contribution in [3.05, 3.63) is 0 Å². The van der Waals surface area contributed by atoms with Gasteiger partial charge in [-0.2, -0.15) is 0 Å². The molecule has 0 spiro atoms. The van der Waals surface area contributed by atoms with Gasteiger partial charge in [0.25, 0.3) is 0 Å². The number of unbranched alkanes of at least 4 members (excludes halogenated alkanes) is 22. The fourth-order valence-electron chi connectivity index (χ4n) is 7.97. The zero-order valence-electron chi connectivity index (χ0n) is 37.2. The van der Waals surface area contributed by atoms with E-state index in [1.54, 1.807) is 0 Å². The van der Waals surface area contributed by atoms with Gasteiger partial charge in [-0.3, -0.25) is 9.69 Å². The number of esters is 1. The number of nitrogens with zero attached hydrogens (tertiary/aromatic N) is 1. The number of rotatable bonds is 44. The summed E-state index contributed by atoms with van der Waals surface area (Å²) in [6, 6.07) is 0.228. The Hall–Kier alpha value is -0.690. The molecule has 0 bridgehead atoms. The summed E-state index contributed by atoms with van der Waals surface area (Å²) in [7, 11) is 0. The summed E-state index contributed by atoms with van der Waals surface area (Å²) in [5, 5.41) is 21.0. The molecule has 0 amide bonds. The van der Waals surface area contributed by atoms with E-state index in [9.17, 15) is 15.0 Å². The van der Waals surface area contributed by atoms with Gasteiger partial charge in [0.05, 0.1) is 19.1 Å². The van der Waals surface area contributed by atoms with Gasteiger partial charge in [0.1, 0.15) is 0 Å². The highest BCUT2D eigenvalue weighted by Crippen LogP contribution is 2.24. The Morgan fingerprint density at radius 3 is 1.35 bits per heavy atom. The first-order valence-corrected chi connectivity index (χ1v) is 24.3. The van der Waals surface area contributed by atoms with Gasteiger partial charge >= 0.3 is 5.97 Å². The lowest BCUT2D eigenvalue weighted by atomic mass is 9.93. The van der Waals surface area contributed by atoms with E-state index >= 15 is 0 Å². The van der Waals surface area contributed by atoms with E-state index in [1.165, 1.54) is 116 Å². The first-order valence-electron chi connectivity index (χ1n) is 24.3. The maximum absolute atomic E-state index is 13.0. The van der Waals surface area contributed by atoms with Crippen LogP contribution in [0.5, 0.6) is 0 Å². The van der Waals surface area contributed by atoms with Crippen molar-refractivity contribution in [1.82, 2.24) is 4.90 Å². The molecule has 0 radical (unpaired) electrons. The van der Waals surface area contributed by atoms with E-state index in [2.05, 4.69) is 39.5 Å². The summed E-state index contributed by atoms with van der Waals surface area (Å²) in [4.78, 5) is 15.5. The second kappa shape index (κ2) is 41.9. The van der Waals surface area contributed by atoms with Crippen molar-refractivity contribution in [2.45, 2.75) is 259 Å². The summed E-state index contributed by atoms with van der Waals surface area (Å²) in [5.41, 5.74) is 0. The number of ether oxygens (including phenoxy) is 2. The predicted octanol–water partition coefficient (Wildman–Crippen LogP) is 13.7. The van der Waals surface area contributed by atoms with E-state index in [-0.39, 0.29) is 30.5 Å². The monoisotopic (exact) mass is 768 g/mol. The number of hydrogen-bond acceptors (Lipinski definition) is 6. The minimum absolute atomic E-state index is 0.0493. The third kappa shape index (κ3) is 32.4. The van der Waals surface area contributed by atoms with E-state index in [1.807, 2.05) is 0 Å². The van der Waals surface area contributed by atoms with Crippen molar-refractivity contribution < 1.29 is 24.5 Å². The largest absolute Gasteiger partial charge is 0.465 e. The van der Waals surface area contributed by atoms with Crippen molar-refractivity contribution in [2.75, 3.05) is 32.9 Å². The fraction of sp³-hybridized carbons (Fsp3) is 0.979. The molecule has 4 atom stereocenters. The van der Waals surface area contributed by atoms with E-state index in [0.29, 0.717) is 13.2 Å². The van der Waals surface area contributed by atoms with E-state index in [4.69, 9.17) is 9.47 Å². The standard InChI is InChI=1S/C48H97NO5/c1-6-11-15-19-21-29-37-44(35-27-17-13-8-3)47(51)53-41-33-25-23-31-39-49(46(10-5)43-50)40-32-24-26-34-42-54-48(52)45(36-28-18-14-9-4)38-30-22-20-16-12-7-2/h44-47,50-51H,6-43H2,1-5H3. The Bertz CT molecular complexity index is 747. The van der Waals surface area contributed by atoms with Crippen LogP contribution in [0.25, 0.3) is 0 Å². The zero-order chi connectivity index (χ0) is 39.7. The third-order valence-corrected chi connectivity index (χ3v) is 11.8. The molecule has 6 nitrogen and oxygen atoms in total. The quantitative estimate of drug-likeness (QED) is 0.0365. The Labute approximate surface area is 338 Å². The van der Waals surface area contributed by atoms with Crippen LogP contribution in [0.4, 0.5) is 0 Å². The second-order valence-electron chi connectivity index (χ2n) is 16.8. The molecule has 0 saturated carbocycles. The highest BCUT2D eigenvalue weighted by Gasteiger charge is 2.21. The molecule has 54 heavy (non-hydrogen) atoms. The Morgan fingerprint density at radius 1 is 0.500 bits per heavy atom. The Kier molecular flexibility index (Phi) is 41.4. The molecular formula is C48H97NO5. The van der Waals surface area contributed by atoms with Crippen molar-refractivity contribution in [2.24, 2.45) is 11.8 Å². The van der Waals surface area contributed by atoms with Crippen molar-refractivity contribution in [1.29, 1.82) is 0 Å². The van der Waals surface area contributed by atoms with Crippen LogP contribution in [0.15, 0.2) is 0 Å². The van der Waals surface area contributed by atoms with Crippen LogP contribution in [0.1, 0.15) is 247 Å². The van der Waals surface area contributed by atoms with Gasteiger partial charge in [0.15, 0.2) is 6.29 Å². The van der Waals surface area contributed by atoms with Gasteiger partial charge < -0.3 is 19.7 Å². The van der Waals surface area contributed by atoms with Crippen LogP contribution in [0.2, 0.25) is 0 Å². The first kappa shape index (κ1) is 53.3. The second-order valence-corrected chi connectivity index (χ2v) is 16.8. The van der Waals surface area contributed by atoms with E-state index in [0.717, 1.165) is 109 Å². The van der Waals surface area contributed by atoms with Gasteiger partial charge in [-0.15, -0.1) is 0 Å². The third-order valence-electron chi connectivity index (χ3n) is 11.8. The van der Waals surface area contributed by atoms with Crippen LogP contribution in [-0.4, -0.2) is 66.3 Å². The number of hydrogen-bond donors (Lipinski definition) is 2. The van der Waals surface area contributed by atoms with Crippen LogP contribution in [-0.2, 0) is 14.3 Å². The number of carbonyl (C=O) groups is 1. The number of aliphatic hydroxyl groups is 2. The summed E-state index contributed by atoms with van der Waals surface area (Å²) >= 11 is 0. The lowest BCUT2D eigenvalue weighted by Crippen LogP contribution is -2.39. The number of carbonyl (C=O) groups excluding carboxylic acids is 1. The van der Waals surface area contributed by atoms with Crippen LogP contribution < -0.4 is 0 Å².